The molecule has 0 radical (unpaired) electrons. The van der Waals surface area contributed by atoms with Crippen LogP contribution < -0.4 is 5.73 Å². The van der Waals surface area contributed by atoms with Crippen LogP contribution in [0.5, 0.6) is 5.75 Å². The lowest BCUT2D eigenvalue weighted by Gasteiger charge is -2.05. The molecule has 1 atom stereocenters. The van der Waals surface area contributed by atoms with Crippen LogP contribution in [0.25, 0.3) is 0 Å². The van der Waals surface area contributed by atoms with Gasteiger partial charge in [-0.1, -0.05) is 6.07 Å². The minimum absolute atomic E-state index is 0.0563. The molecule has 0 aliphatic heterocycles. The second kappa shape index (κ2) is 4.06. The molecular weight excluding hydrogens is 184 g/mol. The summed E-state index contributed by atoms with van der Waals surface area (Å²) in [5, 5.41) is 19.6. The van der Waals surface area contributed by atoms with E-state index in [0.29, 0.717) is 6.42 Å². The van der Waals surface area contributed by atoms with Gasteiger partial charge >= 0.3 is 5.69 Å². The summed E-state index contributed by atoms with van der Waals surface area (Å²) < 4.78 is 0. The fraction of sp³-hybridized carbons (Fsp3) is 0.333. The number of hydrogen-bond acceptors (Lipinski definition) is 4. The fourth-order valence-electron chi connectivity index (χ4n) is 1.21. The van der Waals surface area contributed by atoms with Crippen molar-refractivity contribution in [1.29, 1.82) is 0 Å². The van der Waals surface area contributed by atoms with E-state index >= 15 is 0 Å². The molecule has 14 heavy (non-hydrogen) atoms. The van der Waals surface area contributed by atoms with E-state index in [2.05, 4.69) is 0 Å². The first-order valence-corrected chi connectivity index (χ1v) is 4.22. The van der Waals surface area contributed by atoms with Crippen molar-refractivity contribution in [2.75, 3.05) is 0 Å². The lowest BCUT2D eigenvalue weighted by Crippen LogP contribution is -2.17. The first kappa shape index (κ1) is 10.5. The lowest BCUT2D eigenvalue weighted by atomic mass is 10.1. The monoisotopic (exact) mass is 196 g/mol. The van der Waals surface area contributed by atoms with Crippen molar-refractivity contribution >= 4 is 5.69 Å². The maximum Gasteiger partial charge on any atom is 0.310 e. The van der Waals surface area contributed by atoms with Gasteiger partial charge in [0.2, 0.25) is 0 Å². The SMILES string of the molecule is C[C@@H](N)Cc1ccc(O)c([N+](=O)[O-])c1. The Morgan fingerprint density at radius 2 is 2.29 bits per heavy atom. The third kappa shape index (κ3) is 2.43. The molecule has 0 fully saturated rings. The molecule has 3 N–H and O–H groups in total. The number of nitro benzene ring substituents is 1. The van der Waals surface area contributed by atoms with Gasteiger partial charge < -0.3 is 10.8 Å². The van der Waals surface area contributed by atoms with E-state index < -0.39 is 4.92 Å². The molecule has 0 saturated carbocycles. The Hall–Kier alpha value is -1.62. The highest BCUT2D eigenvalue weighted by Crippen LogP contribution is 2.26. The zero-order chi connectivity index (χ0) is 10.7. The molecule has 0 unspecified atom stereocenters. The normalized spacial score (nSPS) is 12.4. The molecule has 5 nitrogen and oxygen atoms in total. The van der Waals surface area contributed by atoms with E-state index in [1.54, 1.807) is 6.07 Å². The molecule has 0 saturated heterocycles. The Bertz CT molecular complexity index is 350. The lowest BCUT2D eigenvalue weighted by molar-refractivity contribution is -0.385. The van der Waals surface area contributed by atoms with Gasteiger partial charge in [-0.3, -0.25) is 10.1 Å². The zero-order valence-corrected chi connectivity index (χ0v) is 7.80. The number of nitro groups is 1. The van der Waals surface area contributed by atoms with Crippen molar-refractivity contribution in [3.8, 4) is 5.75 Å². The van der Waals surface area contributed by atoms with Crippen molar-refractivity contribution in [2.24, 2.45) is 5.73 Å². The first-order chi connectivity index (χ1) is 6.50. The van der Waals surface area contributed by atoms with Crippen molar-refractivity contribution in [2.45, 2.75) is 19.4 Å². The maximum absolute atomic E-state index is 10.5. The summed E-state index contributed by atoms with van der Waals surface area (Å²) in [5.74, 6) is -0.316. The predicted molar refractivity (Wildman–Crippen MR) is 52.1 cm³/mol. The summed E-state index contributed by atoms with van der Waals surface area (Å²) in [6.07, 6.45) is 0.557. The first-order valence-electron chi connectivity index (χ1n) is 4.22. The van der Waals surface area contributed by atoms with E-state index in [1.165, 1.54) is 12.1 Å². The number of nitrogens with zero attached hydrogens (tertiary/aromatic N) is 1. The van der Waals surface area contributed by atoms with Crippen molar-refractivity contribution < 1.29 is 10.0 Å². The average molecular weight is 196 g/mol. The van der Waals surface area contributed by atoms with Crippen molar-refractivity contribution in [3.63, 3.8) is 0 Å². The Kier molecular flexibility index (Phi) is 3.03. The highest BCUT2D eigenvalue weighted by Gasteiger charge is 2.13. The Morgan fingerprint density at radius 1 is 1.64 bits per heavy atom. The maximum atomic E-state index is 10.5. The molecule has 0 spiro atoms. The van der Waals surface area contributed by atoms with Crippen LogP contribution in [0.15, 0.2) is 18.2 Å². The Labute approximate surface area is 81.3 Å². The molecule has 0 heterocycles. The smallest absolute Gasteiger partial charge is 0.310 e. The van der Waals surface area contributed by atoms with Crippen LogP contribution in [0, 0.1) is 10.1 Å². The van der Waals surface area contributed by atoms with Crippen LogP contribution in [0.2, 0.25) is 0 Å². The molecule has 0 aromatic heterocycles. The second-order valence-corrected chi connectivity index (χ2v) is 3.26. The Balaban J connectivity index is 3.00. The van der Waals surface area contributed by atoms with Gasteiger partial charge in [-0.2, -0.15) is 0 Å². The van der Waals surface area contributed by atoms with Crippen LogP contribution in [0.1, 0.15) is 12.5 Å². The van der Waals surface area contributed by atoms with Crippen LogP contribution in [-0.4, -0.2) is 16.1 Å². The molecule has 1 aromatic rings. The molecule has 0 aliphatic carbocycles. The molecule has 0 aliphatic rings. The molecule has 76 valence electrons. The van der Waals surface area contributed by atoms with Gasteiger partial charge in [0.15, 0.2) is 5.75 Å². The summed E-state index contributed by atoms with van der Waals surface area (Å²) >= 11 is 0. The van der Waals surface area contributed by atoms with Gasteiger partial charge in [-0.05, 0) is 25.0 Å². The number of hydrogen-bond donors (Lipinski definition) is 2. The van der Waals surface area contributed by atoms with E-state index in [1.807, 2.05) is 6.92 Å². The number of phenols is 1. The zero-order valence-electron chi connectivity index (χ0n) is 7.80. The van der Waals surface area contributed by atoms with Crippen LogP contribution in [-0.2, 0) is 6.42 Å². The average Bonchev–Trinajstić information content (AvgIpc) is 2.07. The molecule has 0 bridgehead atoms. The van der Waals surface area contributed by atoms with Gasteiger partial charge in [0.05, 0.1) is 4.92 Å². The quantitative estimate of drug-likeness (QED) is 0.561. The van der Waals surface area contributed by atoms with Crippen LogP contribution in [0.3, 0.4) is 0 Å². The number of nitrogens with two attached hydrogens (primary N) is 1. The van der Waals surface area contributed by atoms with Gasteiger partial charge in [-0.25, -0.2) is 0 Å². The van der Waals surface area contributed by atoms with E-state index in [9.17, 15) is 10.1 Å². The molecule has 0 amide bonds. The number of benzene rings is 1. The highest BCUT2D eigenvalue weighted by atomic mass is 16.6. The highest BCUT2D eigenvalue weighted by molar-refractivity contribution is 5.47. The second-order valence-electron chi connectivity index (χ2n) is 3.26. The minimum Gasteiger partial charge on any atom is -0.502 e. The van der Waals surface area contributed by atoms with Gasteiger partial charge in [0.25, 0.3) is 0 Å². The van der Waals surface area contributed by atoms with Gasteiger partial charge in [0.1, 0.15) is 0 Å². The third-order valence-corrected chi connectivity index (χ3v) is 1.79. The number of phenolic OH excluding ortho intramolecular Hbond substituents is 1. The van der Waals surface area contributed by atoms with Gasteiger partial charge in [0, 0.05) is 12.1 Å². The van der Waals surface area contributed by atoms with E-state index in [-0.39, 0.29) is 17.5 Å². The standard InChI is InChI=1S/C9H12N2O3/c1-6(10)4-7-2-3-9(12)8(5-7)11(13)14/h2-3,5-6,12H,4,10H2,1H3/t6-/m1/s1. The van der Waals surface area contributed by atoms with Crippen molar-refractivity contribution in [1.82, 2.24) is 0 Å². The topological polar surface area (TPSA) is 89.4 Å². The third-order valence-electron chi connectivity index (χ3n) is 1.79. The fourth-order valence-corrected chi connectivity index (χ4v) is 1.21. The molecule has 5 heteroatoms. The van der Waals surface area contributed by atoms with Gasteiger partial charge in [-0.15, -0.1) is 0 Å². The minimum atomic E-state index is -0.611. The van der Waals surface area contributed by atoms with Crippen molar-refractivity contribution in [3.05, 3.63) is 33.9 Å². The Morgan fingerprint density at radius 3 is 2.79 bits per heavy atom. The van der Waals surface area contributed by atoms with Crippen LogP contribution >= 0.6 is 0 Å². The number of rotatable bonds is 3. The summed E-state index contributed by atoms with van der Waals surface area (Å²) in [6.45, 7) is 1.82. The molecule has 1 aromatic carbocycles. The molecule has 1 rings (SSSR count). The van der Waals surface area contributed by atoms with Crippen LogP contribution in [0.4, 0.5) is 5.69 Å². The summed E-state index contributed by atoms with van der Waals surface area (Å²) in [6, 6.07) is 4.24. The number of aromatic hydroxyl groups is 1. The van der Waals surface area contributed by atoms with E-state index in [4.69, 9.17) is 10.8 Å². The summed E-state index contributed by atoms with van der Waals surface area (Å²) in [5.41, 5.74) is 6.04. The largest absolute Gasteiger partial charge is 0.502 e. The van der Waals surface area contributed by atoms with E-state index in [0.717, 1.165) is 5.56 Å². The summed E-state index contributed by atoms with van der Waals surface area (Å²) in [7, 11) is 0. The molecular formula is C9H12N2O3. The predicted octanol–water partition coefficient (Wildman–Crippen LogP) is 1.19. The summed E-state index contributed by atoms with van der Waals surface area (Å²) in [4.78, 5) is 9.86.